The van der Waals surface area contributed by atoms with E-state index in [9.17, 15) is 14.4 Å². The number of nitrogens with zero attached hydrogens (tertiary/aromatic N) is 1. The normalized spacial score (nSPS) is 20.9. The second-order valence-corrected chi connectivity index (χ2v) is 8.72. The Kier molecular flexibility index (Phi) is 7.96. The van der Waals surface area contributed by atoms with Gasteiger partial charge in [0.1, 0.15) is 17.4 Å². The van der Waals surface area contributed by atoms with Crippen molar-refractivity contribution in [2.24, 2.45) is 5.92 Å². The van der Waals surface area contributed by atoms with Gasteiger partial charge in [0.15, 0.2) is 0 Å². The molecule has 1 heterocycles. The van der Waals surface area contributed by atoms with Crippen LogP contribution in [0.2, 0.25) is 0 Å². The van der Waals surface area contributed by atoms with Gasteiger partial charge in [0.05, 0.1) is 13.0 Å². The minimum absolute atomic E-state index is 0.0372. The maximum Gasteiger partial charge on any atom is 0.323 e. The molecule has 2 rings (SSSR count). The molecule has 1 fully saturated rings. The van der Waals surface area contributed by atoms with Gasteiger partial charge in [-0.2, -0.15) is 0 Å². The van der Waals surface area contributed by atoms with Crippen molar-refractivity contribution >= 4 is 17.7 Å². The number of ketones is 1. The first kappa shape index (κ1) is 23.1. The largest absolute Gasteiger partial charge is 0.469 e. The number of likely N-dealkylation sites (tertiary alicyclic amines) is 1. The van der Waals surface area contributed by atoms with Gasteiger partial charge in [0.25, 0.3) is 0 Å². The van der Waals surface area contributed by atoms with Crippen molar-refractivity contribution in [2.45, 2.75) is 77.6 Å². The Morgan fingerprint density at radius 1 is 1.14 bits per heavy atom. The number of hydrogen-bond donors (Lipinski definition) is 0. The Bertz CT molecular complexity index is 710. The van der Waals surface area contributed by atoms with Crippen LogP contribution in [0, 0.1) is 5.92 Å². The SMILES string of the molecule is COC(=O)C(CCC(C)=O)[C@H]1CC[C@@H](C(=O)OC(C)(C)C)N1Cc1ccccc1. The molecule has 0 aromatic heterocycles. The minimum Gasteiger partial charge on any atom is -0.469 e. The van der Waals surface area contributed by atoms with E-state index in [1.54, 1.807) is 0 Å². The van der Waals surface area contributed by atoms with Gasteiger partial charge in [-0.05, 0) is 52.5 Å². The standard InChI is InChI=1S/C23H33NO5/c1-16(25)11-12-18(21(26)28-5)19-13-14-20(22(27)29-23(2,3)4)24(19)15-17-9-7-6-8-10-17/h6-10,18-20H,11-15H2,1-5H3/t18?,19-,20+/m1/s1. The first-order valence-corrected chi connectivity index (χ1v) is 10.2. The lowest BCUT2D eigenvalue weighted by atomic mass is 9.91. The van der Waals surface area contributed by atoms with Crippen molar-refractivity contribution < 1.29 is 23.9 Å². The third-order valence-corrected chi connectivity index (χ3v) is 5.22. The van der Waals surface area contributed by atoms with Crippen LogP contribution in [0.15, 0.2) is 30.3 Å². The van der Waals surface area contributed by atoms with E-state index in [1.807, 2.05) is 51.1 Å². The van der Waals surface area contributed by atoms with Crippen molar-refractivity contribution in [1.82, 2.24) is 4.90 Å². The van der Waals surface area contributed by atoms with Crippen LogP contribution in [-0.4, -0.2) is 47.4 Å². The second-order valence-electron chi connectivity index (χ2n) is 8.72. The second kappa shape index (κ2) is 10.0. The van der Waals surface area contributed by atoms with Crippen LogP contribution in [0.4, 0.5) is 0 Å². The predicted octanol–water partition coefficient (Wildman–Crippen LogP) is 3.52. The molecular weight excluding hydrogens is 370 g/mol. The summed E-state index contributed by atoms with van der Waals surface area (Å²) in [6.45, 7) is 7.60. The zero-order valence-electron chi connectivity index (χ0n) is 18.1. The highest BCUT2D eigenvalue weighted by atomic mass is 16.6. The fourth-order valence-electron chi connectivity index (χ4n) is 3.95. The molecule has 6 nitrogen and oxygen atoms in total. The molecule has 29 heavy (non-hydrogen) atoms. The van der Waals surface area contributed by atoms with Crippen LogP contribution in [0.5, 0.6) is 0 Å². The Labute approximate surface area is 173 Å². The molecule has 0 bridgehead atoms. The molecule has 6 heteroatoms. The van der Waals surface area contributed by atoms with Gasteiger partial charge in [-0.1, -0.05) is 30.3 Å². The summed E-state index contributed by atoms with van der Waals surface area (Å²) in [6, 6.07) is 9.25. The molecule has 1 aliphatic heterocycles. The van der Waals surface area contributed by atoms with Crippen molar-refractivity contribution in [2.75, 3.05) is 7.11 Å². The zero-order chi connectivity index (χ0) is 21.6. The first-order valence-electron chi connectivity index (χ1n) is 10.2. The number of benzene rings is 1. The summed E-state index contributed by atoms with van der Waals surface area (Å²) in [5.74, 6) is -1.03. The Balaban J connectivity index is 2.31. The Hall–Kier alpha value is -2.21. The molecule has 0 N–H and O–H groups in total. The number of Topliss-reactive ketones (excluding diaryl/α,β-unsaturated/α-hetero) is 1. The highest BCUT2D eigenvalue weighted by molar-refractivity contribution is 5.79. The number of esters is 2. The molecule has 0 spiro atoms. The van der Waals surface area contributed by atoms with E-state index in [-0.39, 0.29) is 23.8 Å². The molecule has 1 saturated heterocycles. The number of methoxy groups -OCH3 is 1. The molecule has 3 atom stereocenters. The molecule has 1 aliphatic rings. The molecule has 0 aliphatic carbocycles. The van der Waals surface area contributed by atoms with Gasteiger partial charge >= 0.3 is 11.9 Å². The van der Waals surface area contributed by atoms with Gasteiger partial charge in [-0.3, -0.25) is 14.5 Å². The topological polar surface area (TPSA) is 72.9 Å². The Morgan fingerprint density at radius 2 is 1.79 bits per heavy atom. The summed E-state index contributed by atoms with van der Waals surface area (Å²) in [4.78, 5) is 39.0. The highest BCUT2D eigenvalue weighted by Gasteiger charge is 2.45. The fraction of sp³-hybridized carbons (Fsp3) is 0.609. The van der Waals surface area contributed by atoms with Crippen molar-refractivity contribution in [3.8, 4) is 0 Å². The van der Waals surface area contributed by atoms with Crippen molar-refractivity contribution in [3.63, 3.8) is 0 Å². The maximum atomic E-state index is 12.9. The van der Waals surface area contributed by atoms with E-state index < -0.39 is 17.6 Å². The lowest BCUT2D eigenvalue weighted by molar-refractivity contribution is -0.162. The van der Waals surface area contributed by atoms with Crippen LogP contribution in [-0.2, 0) is 30.4 Å². The summed E-state index contributed by atoms with van der Waals surface area (Å²) < 4.78 is 10.7. The Morgan fingerprint density at radius 3 is 2.34 bits per heavy atom. The average Bonchev–Trinajstić information content (AvgIpc) is 3.04. The van der Waals surface area contributed by atoms with Gasteiger partial charge < -0.3 is 14.3 Å². The molecular formula is C23H33NO5. The average molecular weight is 404 g/mol. The van der Waals surface area contributed by atoms with E-state index in [2.05, 4.69) is 4.90 Å². The third kappa shape index (κ3) is 6.67. The van der Waals surface area contributed by atoms with E-state index in [0.717, 1.165) is 5.56 Å². The number of carbonyl (C=O) groups excluding carboxylic acids is 3. The molecule has 0 saturated carbocycles. The lowest BCUT2D eigenvalue weighted by Crippen LogP contribution is -2.47. The monoisotopic (exact) mass is 403 g/mol. The number of carbonyl (C=O) groups is 3. The van der Waals surface area contributed by atoms with E-state index >= 15 is 0 Å². The highest BCUT2D eigenvalue weighted by Crippen LogP contribution is 2.35. The molecule has 1 unspecified atom stereocenters. The summed E-state index contributed by atoms with van der Waals surface area (Å²) >= 11 is 0. The van der Waals surface area contributed by atoms with Gasteiger partial charge in [0, 0.05) is 19.0 Å². The fourth-order valence-corrected chi connectivity index (χ4v) is 3.95. The van der Waals surface area contributed by atoms with Crippen LogP contribution in [0.1, 0.15) is 58.9 Å². The number of hydrogen-bond acceptors (Lipinski definition) is 6. The van der Waals surface area contributed by atoms with E-state index in [4.69, 9.17) is 9.47 Å². The van der Waals surface area contributed by atoms with Crippen molar-refractivity contribution in [1.29, 1.82) is 0 Å². The van der Waals surface area contributed by atoms with Gasteiger partial charge in [-0.15, -0.1) is 0 Å². The molecule has 0 radical (unpaired) electrons. The summed E-state index contributed by atoms with van der Waals surface area (Å²) in [6.07, 6.45) is 2.01. The maximum absolute atomic E-state index is 12.9. The zero-order valence-corrected chi connectivity index (χ0v) is 18.1. The van der Waals surface area contributed by atoms with Crippen LogP contribution in [0.3, 0.4) is 0 Å². The number of ether oxygens (including phenoxy) is 2. The van der Waals surface area contributed by atoms with Crippen LogP contribution in [0.25, 0.3) is 0 Å². The van der Waals surface area contributed by atoms with Crippen LogP contribution < -0.4 is 0 Å². The predicted molar refractivity (Wildman–Crippen MR) is 110 cm³/mol. The van der Waals surface area contributed by atoms with Gasteiger partial charge in [0.2, 0.25) is 0 Å². The minimum atomic E-state index is -0.579. The number of rotatable bonds is 8. The summed E-state index contributed by atoms with van der Waals surface area (Å²) in [5.41, 5.74) is 0.479. The quantitative estimate of drug-likeness (QED) is 0.619. The van der Waals surface area contributed by atoms with E-state index in [0.29, 0.717) is 32.2 Å². The van der Waals surface area contributed by atoms with Crippen molar-refractivity contribution in [3.05, 3.63) is 35.9 Å². The molecule has 1 aromatic rings. The summed E-state index contributed by atoms with van der Waals surface area (Å²) in [7, 11) is 1.37. The van der Waals surface area contributed by atoms with Gasteiger partial charge in [-0.25, -0.2) is 0 Å². The molecule has 0 amide bonds. The summed E-state index contributed by atoms with van der Waals surface area (Å²) in [5, 5.41) is 0. The first-order chi connectivity index (χ1) is 13.6. The molecule has 160 valence electrons. The van der Waals surface area contributed by atoms with E-state index in [1.165, 1.54) is 14.0 Å². The lowest BCUT2D eigenvalue weighted by Gasteiger charge is -2.34. The molecule has 1 aromatic carbocycles. The third-order valence-electron chi connectivity index (χ3n) is 5.22. The van der Waals surface area contributed by atoms with Crippen LogP contribution >= 0.6 is 0 Å². The smallest absolute Gasteiger partial charge is 0.323 e.